The summed E-state index contributed by atoms with van der Waals surface area (Å²) in [6.07, 6.45) is 4.68. The third-order valence-electron chi connectivity index (χ3n) is 4.11. The second kappa shape index (κ2) is 6.57. The summed E-state index contributed by atoms with van der Waals surface area (Å²) in [4.78, 5) is 14.5. The maximum Gasteiger partial charge on any atom is 0.226 e. The van der Waals surface area contributed by atoms with Gasteiger partial charge in [-0.15, -0.1) is 0 Å². The van der Waals surface area contributed by atoms with E-state index < -0.39 is 0 Å². The zero-order chi connectivity index (χ0) is 14.5. The van der Waals surface area contributed by atoms with Crippen LogP contribution in [0, 0.1) is 0 Å². The van der Waals surface area contributed by atoms with Crippen molar-refractivity contribution in [2.45, 2.75) is 32.1 Å². The SMILES string of the molecule is O=C(CCCc1ccccc1)N1CCCc2ccccc21. The molecule has 0 aliphatic carbocycles. The van der Waals surface area contributed by atoms with Crippen molar-refractivity contribution in [3.8, 4) is 0 Å². The molecule has 0 N–H and O–H groups in total. The average molecular weight is 279 g/mol. The van der Waals surface area contributed by atoms with Crippen molar-refractivity contribution in [1.82, 2.24) is 0 Å². The molecule has 0 atom stereocenters. The highest BCUT2D eigenvalue weighted by molar-refractivity contribution is 5.94. The average Bonchev–Trinajstić information content (AvgIpc) is 2.55. The lowest BCUT2D eigenvalue weighted by atomic mass is 10.0. The Balaban J connectivity index is 1.59. The Morgan fingerprint density at radius 3 is 2.62 bits per heavy atom. The predicted octanol–water partition coefficient (Wildman–Crippen LogP) is 3.99. The Hall–Kier alpha value is -2.09. The normalized spacial score (nSPS) is 13.8. The number of hydrogen-bond acceptors (Lipinski definition) is 1. The van der Waals surface area contributed by atoms with Crippen LogP contribution in [0.3, 0.4) is 0 Å². The molecule has 1 aliphatic rings. The molecule has 0 spiro atoms. The fourth-order valence-corrected chi connectivity index (χ4v) is 3.02. The summed E-state index contributed by atoms with van der Waals surface area (Å²) in [6, 6.07) is 18.7. The number of benzene rings is 2. The van der Waals surface area contributed by atoms with Gasteiger partial charge >= 0.3 is 0 Å². The largest absolute Gasteiger partial charge is 0.312 e. The first kappa shape index (κ1) is 13.9. The van der Waals surface area contributed by atoms with Crippen LogP contribution in [0.1, 0.15) is 30.4 Å². The van der Waals surface area contributed by atoms with E-state index in [2.05, 4.69) is 42.5 Å². The lowest BCUT2D eigenvalue weighted by Crippen LogP contribution is -2.35. The molecule has 2 nitrogen and oxygen atoms in total. The Morgan fingerprint density at radius 2 is 1.76 bits per heavy atom. The van der Waals surface area contributed by atoms with Crippen molar-refractivity contribution in [3.05, 3.63) is 65.7 Å². The minimum atomic E-state index is 0.262. The van der Waals surface area contributed by atoms with Gasteiger partial charge in [-0.2, -0.15) is 0 Å². The molecular formula is C19H21NO. The van der Waals surface area contributed by atoms with Gasteiger partial charge in [0.2, 0.25) is 5.91 Å². The third-order valence-corrected chi connectivity index (χ3v) is 4.11. The Labute approximate surface area is 126 Å². The first-order valence-corrected chi connectivity index (χ1v) is 7.77. The summed E-state index contributed by atoms with van der Waals surface area (Å²) < 4.78 is 0. The topological polar surface area (TPSA) is 20.3 Å². The lowest BCUT2D eigenvalue weighted by Gasteiger charge is -2.29. The summed E-state index contributed by atoms with van der Waals surface area (Å²) >= 11 is 0. The van der Waals surface area contributed by atoms with Crippen molar-refractivity contribution in [1.29, 1.82) is 0 Å². The van der Waals surface area contributed by atoms with Crippen molar-refractivity contribution >= 4 is 11.6 Å². The summed E-state index contributed by atoms with van der Waals surface area (Å²) in [5.41, 5.74) is 3.73. The molecule has 21 heavy (non-hydrogen) atoms. The second-order valence-corrected chi connectivity index (χ2v) is 5.62. The summed E-state index contributed by atoms with van der Waals surface area (Å²) in [7, 11) is 0. The maximum atomic E-state index is 12.5. The first-order chi connectivity index (χ1) is 10.3. The van der Waals surface area contributed by atoms with Crippen LogP contribution in [0.4, 0.5) is 5.69 Å². The predicted molar refractivity (Wildman–Crippen MR) is 86.5 cm³/mol. The molecule has 0 saturated carbocycles. The zero-order valence-electron chi connectivity index (χ0n) is 12.3. The van der Waals surface area contributed by atoms with Crippen LogP contribution >= 0.6 is 0 Å². The van der Waals surface area contributed by atoms with E-state index in [-0.39, 0.29) is 5.91 Å². The van der Waals surface area contributed by atoms with E-state index in [1.807, 2.05) is 17.0 Å². The van der Waals surface area contributed by atoms with Gasteiger partial charge in [-0.05, 0) is 42.9 Å². The number of para-hydroxylation sites is 1. The number of aryl methyl sites for hydroxylation is 2. The number of carbonyl (C=O) groups is 1. The van der Waals surface area contributed by atoms with Crippen LogP contribution in [0.5, 0.6) is 0 Å². The van der Waals surface area contributed by atoms with Crippen molar-refractivity contribution < 1.29 is 4.79 Å². The maximum absolute atomic E-state index is 12.5. The van der Waals surface area contributed by atoms with Gasteiger partial charge in [0.15, 0.2) is 0 Å². The fraction of sp³-hybridized carbons (Fsp3) is 0.316. The number of rotatable bonds is 4. The Morgan fingerprint density at radius 1 is 1.00 bits per heavy atom. The van der Waals surface area contributed by atoms with Gasteiger partial charge in [-0.25, -0.2) is 0 Å². The van der Waals surface area contributed by atoms with Gasteiger partial charge in [0.25, 0.3) is 0 Å². The number of fused-ring (bicyclic) bond motifs is 1. The molecule has 0 bridgehead atoms. The van der Waals surface area contributed by atoms with Gasteiger partial charge in [0.1, 0.15) is 0 Å². The smallest absolute Gasteiger partial charge is 0.226 e. The van der Waals surface area contributed by atoms with E-state index in [1.165, 1.54) is 11.1 Å². The standard InChI is InChI=1S/C19H21NO/c21-19(14-6-10-16-8-2-1-3-9-16)20-15-7-12-17-11-4-5-13-18(17)20/h1-5,8-9,11,13H,6-7,10,12,14-15H2. The highest BCUT2D eigenvalue weighted by Gasteiger charge is 2.21. The van der Waals surface area contributed by atoms with Gasteiger partial charge < -0.3 is 4.90 Å². The van der Waals surface area contributed by atoms with E-state index in [1.54, 1.807) is 0 Å². The number of hydrogen-bond donors (Lipinski definition) is 0. The molecule has 2 heteroatoms. The molecule has 2 aromatic carbocycles. The summed E-state index contributed by atoms with van der Waals surface area (Å²) in [6.45, 7) is 0.862. The van der Waals surface area contributed by atoms with E-state index in [4.69, 9.17) is 0 Å². The number of carbonyl (C=O) groups excluding carboxylic acids is 1. The molecule has 0 radical (unpaired) electrons. The van der Waals surface area contributed by atoms with Gasteiger partial charge in [0, 0.05) is 18.7 Å². The second-order valence-electron chi connectivity index (χ2n) is 5.62. The highest BCUT2D eigenvalue weighted by atomic mass is 16.2. The van der Waals surface area contributed by atoms with Crippen molar-refractivity contribution in [3.63, 3.8) is 0 Å². The molecule has 0 unspecified atom stereocenters. The zero-order valence-corrected chi connectivity index (χ0v) is 12.3. The minimum absolute atomic E-state index is 0.262. The van der Waals surface area contributed by atoms with E-state index in [9.17, 15) is 4.79 Å². The van der Waals surface area contributed by atoms with E-state index >= 15 is 0 Å². The molecule has 108 valence electrons. The molecular weight excluding hydrogens is 258 g/mol. The van der Waals surface area contributed by atoms with Crippen LogP contribution in [0.25, 0.3) is 0 Å². The molecule has 1 amide bonds. The Kier molecular flexibility index (Phi) is 4.34. The monoisotopic (exact) mass is 279 g/mol. The molecule has 0 aromatic heterocycles. The highest BCUT2D eigenvalue weighted by Crippen LogP contribution is 2.27. The number of nitrogens with zero attached hydrogens (tertiary/aromatic N) is 1. The molecule has 3 rings (SSSR count). The van der Waals surface area contributed by atoms with Crippen LogP contribution in [-0.2, 0) is 17.6 Å². The van der Waals surface area contributed by atoms with Gasteiger partial charge in [-0.1, -0.05) is 48.5 Å². The van der Waals surface area contributed by atoms with Crippen LogP contribution in [-0.4, -0.2) is 12.5 Å². The number of anilines is 1. The molecule has 1 aliphatic heterocycles. The first-order valence-electron chi connectivity index (χ1n) is 7.77. The number of amides is 1. The van der Waals surface area contributed by atoms with E-state index in [0.29, 0.717) is 6.42 Å². The van der Waals surface area contributed by atoms with Crippen molar-refractivity contribution in [2.75, 3.05) is 11.4 Å². The quantitative estimate of drug-likeness (QED) is 0.828. The third kappa shape index (κ3) is 3.33. The molecule has 0 saturated heterocycles. The van der Waals surface area contributed by atoms with Crippen molar-refractivity contribution in [2.24, 2.45) is 0 Å². The molecule has 0 fully saturated rings. The van der Waals surface area contributed by atoms with Crippen LogP contribution < -0.4 is 4.90 Å². The summed E-state index contributed by atoms with van der Waals surface area (Å²) in [5.74, 6) is 0.262. The van der Waals surface area contributed by atoms with E-state index in [0.717, 1.165) is 37.9 Å². The van der Waals surface area contributed by atoms with Gasteiger partial charge in [-0.3, -0.25) is 4.79 Å². The molecule has 1 heterocycles. The lowest BCUT2D eigenvalue weighted by molar-refractivity contribution is -0.118. The molecule has 2 aromatic rings. The van der Waals surface area contributed by atoms with Crippen LogP contribution in [0.2, 0.25) is 0 Å². The summed E-state index contributed by atoms with van der Waals surface area (Å²) in [5, 5.41) is 0. The minimum Gasteiger partial charge on any atom is -0.312 e. The van der Waals surface area contributed by atoms with Gasteiger partial charge in [0.05, 0.1) is 0 Å². The van der Waals surface area contributed by atoms with Crippen LogP contribution in [0.15, 0.2) is 54.6 Å². The fourth-order valence-electron chi connectivity index (χ4n) is 3.02. The Bertz CT molecular complexity index is 606.